The van der Waals surface area contributed by atoms with E-state index in [1.165, 1.54) is 12.0 Å². The zero-order chi connectivity index (χ0) is 27.6. The molecule has 0 radical (unpaired) electrons. The minimum absolute atomic E-state index is 0.166. The van der Waals surface area contributed by atoms with Gasteiger partial charge >= 0.3 is 5.97 Å². The number of carbonyl (C=O) groups is 3. The van der Waals surface area contributed by atoms with Gasteiger partial charge in [0.05, 0.1) is 29.8 Å². The van der Waals surface area contributed by atoms with Crippen LogP contribution in [0.2, 0.25) is 0 Å². The number of aromatic nitrogens is 1. The van der Waals surface area contributed by atoms with Crippen molar-refractivity contribution in [2.45, 2.75) is 40.5 Å². The average molecular weight is 533 g/mol. The van der Waals surface area contributed by atoms with Crippen molar-refractivity contribution in [1.82, 2.24) is 9.47 Å². The van der Waals surface area contributed by atoms with Crippen LogP contribution in [0.3, 0.4) is 0 Å². The molecule has 0 atom stereocenters. The summed E-state index contributed by atoms with van der Waals surface area (Å²) in [6, 6.07) is 15.2. The first-order valence-corrected chi connectivity index (χ1v) is 13.3. The smallest absolute Gasteiger partial charge is 0.339 e. The van der Waals surface area contributed by atoms with Crippen molar-refractivity contribution < 1.29 is 23.9 Å². The molecule has 7 nitrogen and oxygen atoms in total. The van der Waals surface area contributed by atoms with E-state index >= 15 is 0 Å². The second-order valence-electron chi connectivity index (χ2n) is 9.55. The van der Waals surface area contributed by atoms with Crippen molar-refractivity contribution in [2.75, 3.05) is 20.3 Å². The molecule has 8 heteroatoms. The quantitative estimate of drug-likeness (QED) is 0.246. The molecule has 3 aromatic rings. The van der Waals surface area contributed by atoms with Gasteiger partial charge in [0.25, 0.3) is 11.1 Å². The van der Waals surface area contributed by atoms with Crippen LogP contribution in [0.4, 0.5) is 4.79 Å². The fourth-order valence-electron chi connectivity index (χ4n) is 4.58. The predicted molar refractivity (Wildman–Crippen MR) is 150 cm³/mol. The number of hydrogen-bond donors (Lipinski definition) is 0. The molecule has 1 aliphatic heterocycles. The van der Waals surface area contributed by atoms with E-state index in [9.17, 15) is 14.4 Å². The van der Waals surface area contributed by atoms with Gasteiger partial charge in [0.2, 0.25) is 0 Å². The number of esters is 1. The molecule has 2 aromatic carbocycles. The van der Waals surface area contributed by atoms with Crippen LogP contribution in [-0.2, 0) is 9.53 Å². The van der Waals surface area contributed by atoms with Crippen molar-refractivity contribution in [2.24, 2.45) is 0 Å². The maximum atomic E-state index is 13.1. The summed E-state index contributed by atoms with van der Waals surface area (Å²) in [4.78, 5) is 39.8. The summed E-state index contributed by atoms with van der Waals surface area (Å²) >= 11 is 0.924. The molecule has 1 fully saturated rings. The lowest BCUT2D eigenvalue weighted by Gasteiger charge is -2.17. The van der Waals surface area contributed by atoms with Crippen LogP contribution < -0.4 is 4.74 Å². The maximum absolute atomic E-state index is 13.1. The summed E-state index contributed by atoms with van der Waals surface area (Å²) < 4.78 is 12.9. The summed E-state index contributed by atoms with van der Waals surface area (Å²) in [6.45, 7) is 10.4. The van der Waals surface area contributed by atoms with Crippen molar-refractivity contribution >= 4 is 35.0 Å². The van der Waals surface area contributed by atoms with Crippen LogP contribution in [-0.4, -0.2) is 46.8 Å². The lowest BCUT2D eigenvalue weighted by Crippen LogP contribution is -2.32. The molecule has 0 aliphatic carbocycles. The lowest BCUT2D eigenvalue weighted by atomic mass is 10.0. The number of hydrogen-bond acceptors (Lipinski definition) is 6. The zero-order valence-corrected chi connectivity index (χ0v) is 23.3. The zero-order valence-electron chi connectivity index (χ0n) is 22.5. The topological polar surface area (TPSA) is 77.8 Å². The fraction of sp³-hybridized carbons (Fsp3) is 0.300. The molecule has 0 spiro atoms. The molecule has 0 N–H and O–H groups in total. The molecule has 198 valence electrons. The third-order valence-electron chi connectivity index (χ3n) is 6.54. The molecule has 1 saturated heterocycles. The van der Waals surface area contributed by atoms with Gasteiger partial charge in [-0.3, -0.25) is 14.5 Å². The van der Waals surface area contributed by atoms with E-state index in [-0.39, 0.29) is 24.3 Å². The van der Waals surface area contributed by atoms with Gasteiger partial charge in [-0.2, -0.15) is 0 Å². The monoisotopic (exact) mass is 532 g/mol. The molecule has 1 aromatic heterocycles. The van der Waals surface area contributed by atoms with Gasteiger partial charge in [0.1, 0.15) is 12.4 Å². The summed E-state index contributed by atoms with van der Waals surface area (Å²) in [5, 5.41) is -0.317. The Balaban J connectivity index is 1.53. The van der Waals surface area contributed by atoms with E-state index in [4.69, 9.17) is 9.47 Å². The van der Waals surface area contributed by atoms with Gasteiger partial charge in [0, 0.05) is 11.4 Å². The number of imide groups is 1. The van der Waals surface area contributed by atoms with Crippen LogP contribution in [0.5, 0.6) is 5.75 Å². The van der Waals surface area contributed by atoms with Crippen LogP contribution in [0.1, 0.15) is 58.2 Å². The van der Waals surface area contributed by atoms with E-state index in [0.29, 0.717) is 22.1 Å². The van der Waals surface area contributed by atoms with Gasteiger partial charge in [-0.05, 0) is 85.5 Å². The number of amides is 2. The van der Waals surface area contributed by atoms with Crippen molar-refractivity contribution in [3.8, 4) is 11.4 Å². The molecule has 4 rings (SSSR count). The molecule has 1 aliphatic rings. The number of ether oxygens (including phenoxy) is 2. The first-order valence-electron chi connectivity index (χ1n) is 12.5. The second-order valence-corrected chi connectivity index (χ2v) is 10.5. The van der Waals surface area contributed by atoms with E-state index in [2.05, 4.69) is 26.0 Å². The van der Waals surface area contributed by atoms with Crippen molar-refractivity contribution in [1.29, 1.82) is 0 Å². The summed E-state index contributed by atoms with van der Waals surface area (Å²) in [5.74, 6) is 0.312. The molecule has 2 heterocycles. The van der Waals surface area contributed by atoms with Crippen molar-refractivity contribution in [3.63, 3.8) is 0 Å². The number of carbonyl (C=O) groups excluding carboxylic acids is 3. The van der Waals surface area contributed by atoms with Gasteiger partial charge in [-0.15, -0.1) is 0 Å². The summed E-state index contributed by atoms with van der Waals surface area (Å²) in [5.41, 5.74) is 5.84. The Labute approximate surface area is 227 Å². The fourth-order valence-corrected chi connectivity index (χ4v) is 5.44. The number of thioether (sulfide) groups is 1. The number of methoxy groups -OCH3 is 1. The average Bonchev–Trinajstić information content (AvgIpc) is 3.31. The number of nitrogens with zero attached hydrogens (tertiary/aromatic N) is 2. The first-order chi connectivity index (χ1) is 18.1. The van der Waals surface area contributed by atoms with Crippen molar-refractivity contribution in [3.05, 3.63) is 87.1 Å². The van der Waals surface area contributed by atoms with E-state index in [1.54, 1.807) is 18.2 Å². The molecular weight excluding hydrogens is 500 g/mol. The van der Waals surface area contributed by atoms with Crippen LogP contribution in [0.15, 0.2) is 53.4 Å². The van der Waals surface area contributed by atoms with E-state index in [0.717, 1.165) is 45.6 Å². The van der Waals surface area contributed by atoms with Gasteiger partial charge in [0.15, 0.2) is 0 Å². The highest BCUT2D eigenvalue weighted by Crippen LogP contribution is 2.34. The van der Waals surface area contributed by atoms with Crippen LogP contribution >= 0.6 is 11.8 Å². The molecule has 38 heavy (non-hydrogen) atoms. The molecule has 0 unspecified atom stereocenters. The highest BCUT2D eigenvalue weighted by molar-refractivity contribution is 8.18. The largest absolute Gasteiger partial charge is 0.491 e. The molecule has 2 amide bonds. The minimum Gasteiger partial charge on any atom is -0.491 e. The highest BCUT2D eigenvalue weighted by Gasteiger charge is 2.35. The van der Waals surface area contributed by atoms with Gasteiger partial charge < -0.3 is 14.0 Å². The Bertz CT molecular complexity index is 1440. The third-order valence-corrected chi connectivity index (χ3v) is 7.45. The highest BCUT2D eigenvalue weighted by atomic mass is 32.2. The van der Waals surface area contributed by atoms with Gasteiger partial charge in [-0.25, -0.2) is 4.79 Å². The number of aryl methyl sites for hydroxylation is 2. The molecule has 0 saturated carbocycles. The number of rotatable bonds is 8. The molecular formula is C30H32N2O5S. The second kappa shape index (κ2) is 11.3. The Hall–Kier alpha value is -3.78. The summed E-state index contributed by atoms with van der Waals surface area (Å²) in [6.07, 6.45) is 1.74. The summed E-state index contributed by atoms with van der Waals surface area (Å²) in [7, 11) is 1.35. The Morgan fingerprint density at radius 1 is 1.05 bits per heavy atom. The molecule has 0 bridgehead atoms. The van der Waals surface area contributed by atoms with Crippen LogP contribution in [0.25, 0.3) is 11.8 Å². The van der Waals surface area contributed by atoms with Crippen LogP contribution in [0, 0.1) is 20.8 Å². The Kier molecular flexibility index (Phi) is 8.11. The first kappa shape index (κ1) is 27.3. The minimum atomic E-state index is -0.427. The van der Waals surface area contributed by atoms with Gasteiger partial charge in [-0.1, -0.05) is 38.1 Å². The van der Waals surface area contributed by atoms with E-state index < -0.39 is 5.97 Å². The SMILES string of the molecule is COC(=O)c1ccccc1-n1c(C)cc(/C=C2\SC(=O)N(CCOc3cc(C)ccc3C(C)C)C2=O)c1C. The normalized spacial score (nSPS) is 14.6. The number of benzene rings is 2. The maximum Gasteiger partial charge on any atom is 0.339 e. The van der Waals surface area contributed by atoms with E-state index in [1.807, 2.05) is 49.6 Å². The Morgan fingerprint density at radius 3 is 2.50 bits per heavy atom. The lowest BCUT2D eigenvalue weighted by molar-refractivity contribution is -0.123. The standard InChI is InChI=1S/C30H32N2O5S/c1-18(2)23-12-11-19(3)15-26(23)37-14-13-31-28(33)27(38-30(31)35)17-22-16-20(4)32(21(22)5)25-10-8-7-9-24(25)29(34)36-6/h7-12,15-18H,13-14H2,1-6H3/b27-17-. The third kappa shape index (κ3) is 5.41. The Morgan fingerprint density at radius 2 is 1.79 bits per heavy atom. The number of para-hydroxylation sites is 1. The predicted octanol–water partition coefficient (Wildman–Crippen LogP) is 6.43.